The molecule has 0 bridgehead atoms. The first-order chi connectivity index (χ1) is 14.5. The molecule has 0 aromatic heterocycles. The van der Waals surface area contributed by atoms with E-state index in [1.54, 1.807) is 12.1 Å². The average Bonchev–Trinajstić information content (AvgIpc) is 2.75. The second-order valence-corrected chi connectivity index (χ2v) is 7.13. The topological polar surface area (TPSA) is 109 Å². The van der Waals surface area contributed by atoms with Crippen LogP contribution in [0.1, 0.15) is 46.8 Å². The van der Waals surface area contributed by atoms with Gasteiger partial charge in [-0.15, -0.1) is 24.0 Å². The van der Waals surface area contributed by atoms with E-state index in [0.29, 0.717) is 18.7 Å². The van der Waals surface area contributed by atoms with Crippen LogP contribution in [0.5, 0.6) is 0 Å². The maximum Gasteiger partial charge on any atom is 0.251 e. The number of nitrogens with zero attached hydrogens (tertiary/aromatic N) is 1. The molecule has 2 aromatic rings. The van der Waals surface area contributed by atoms with Gasteiger partial charge in [0.15, 0.2) is 5.96 Å². The number of nitrogens with two attached hydrogens (primary N) is 1. The fraction of sp³-hybridized carbons (Fsp3) is 0.348. The van der Waals surface area contributed by atoms with Crippen molar-refractivity contribution in [2.75, 3.05) is 13.1 Å². The molecule has 0 spiro atoms. The summed E-state index contributed by atoms with van der Waals surface area (Å²) in [5.41, 5.74) is 8.93. The number of rotatable bonds is 10. The molecular weight excluding hydrogens is 505 g/mol. The van der Waals surface area contributed by atoms with E-state index < -0.39 is 5.91 Å². The van der Waals surface area contributed by atoms with Crippen molar-refractivity contribution < 1.29 is 9.59 Å². The number of carbonyl (C=O) groups is 2. The third-order valence-electron chi connectivity index (χ3n) is 4.46. The summed E-state index contributed by atoms with van der Waals surface area (Å²) in [5, 5.41) is 9.20. The molecule has 0 radical (unpaired) electrons. The highest BCUT2D eigenvalue weighted by Crippen LogP contribution is 2.06. The minimum atomic E-state index is -0.574. The average molecular weight is 537 g/mol. The molecule has 2 aromatic carbocycles. The Morgan fingerprint density at radius 1 is 0.935 bits per heavy atom. The van der Waals surface area contributed by atoms with Gasteiger partial charge < -0.3 is 21.7 Å². The summed E-state index contributed by atoms with van der Waals surface area (Å²) in [4.78, 5) is 27.4. The van der Waals surface area contributed by atoms with Crippen LogP contribution < -0.4 is 21.7 Å². The lowest BCUT2D eigenvalue weighted by molar-refractivity contribution is -0.117. The number of guanidine groups is 1. The first kappa shape index (κ1) is 26.4. The van der Waals surface area contributed by atoms with Crippen LogP contribution in [-0.2, 0) is 17.9 Å². The summed E-state index contributed by atoms with van der Waals surface area (Å²) in [6.07, 6.45) is 2.18. The molecule has 168 valence electrons. The zero-order chi connectivity index (χ0) is 21.8. The van der Waals surface area contributed by atoms with Gasteiger partial charge in [0.2, 0.25) is 5.91 Å². The molecule has 0 unspecified atom stereocenters. The summed E-state index contributed by atoms with van der Waals surface area (Å²) < 4.78 is 0. The molecule has 31 heavy (non-hydrogen) atoms. The molecule has 0 saturated carbocycles. The number of aryl methyl sites for hydroxylation is 1. The number of amides is 2. The number of primary amides is 1. The van der Waals surface area contributed by atoms with Crippen LogP contribution in [0, 0.1) is 6.92 Å². The number of unbranched alkanes of at least 4 members (excludes halogenated alkanes) is 1. The zero-order valence-corrected chi connectivity index (χ0v) is 20.4. The van der Waals surface area contributed by atoms with Crippen LogP contribution >= 0.6 is 24.0 Å². The van der Waals surface area contributed by atoms with Crippen molar-refractivity contribution >= 4 is 41.8 Å². The van der Waals surface area contributed by atoms with Crippen molar-refractivity contribution in [3.8, 4) is 0 Å². The molecule has 0 atom stereocenters. The normalized spacial score (nSPS) is 10.7. The highest BCUT2D eigenvalue weighted by atomic mass is 127. The molecule has 0 aliphatic heterocycles. The summed E-state index contributed by atoms with van der Waals surface area (Å²) >= 11 is 0. The van der Waals surface area contributed by atoms with Crippen LogP contribution in [-0.4, -0.2) is 30.9 Å². The van der Waals surface area contributed by atoms with E-state index in [2.05, 4.69) is 59.1 Å². The zero-order valence-electron chi connectivity index (χ0n) is 18.1. The van der Waals surface area contributed by atoms with Crippen molar-refractivity contribution in [3.63, 3.8) is 0 Å². The standard InChI is InChI=1S/C23H31N5O2.HI/c1-3-4-13-25-23(27-14-18-7-5-17(2)6-8-18)28-15-19-9-11-20(12-10-19)22(30)26-16-21(24)29;/h5-12H,3-4,13-16H2,1-2H3,(H2,24,29)(H,26,30)(H2,25,27,28);1H. The minimum Gasteiger partial charge on any atom is -0.368 e. The lowest BCUT2D eigenvalue weighted by Gasteiger charge is -2.13. The molecule has 2 amide bonds. The first-order valence-corrected chi connectivity index (χ1v) is 10.2. The van der Waals surface area contributed by atoms with Crippen LogP contribution in [0.25, 0.3) is 0 Å². The maximum absolute atomic E-state index is 11.9. The van der Waals surface area contributed by atoms with E-state index in [1.807, 2.05) is 12.1 Å². The number of halogens is 1. The summed E-state index contributed by atoms with van der Waals surface area (Å²) in [6, 6.07) is 15.5. The number of nitrogens with one attached hydrogen (secondary N) is 3. The van der Waals surface area contributed by atoms with Gasteiger partial charge in [-0.25, -0.2) is 4.99 Å². The Labute approximate surface area is 201 Å². The predicted molar refractivity (Wildman–Crippen MR) is 135 cm³/mol. The molecule has 0 aliphatic carbocycles. The van der Waals surface area contributed by atoms with E-state index >= 15 is 0 Å². The molecule has 7 nitrogen and oxygen atoms in total. The Morgan fingerprint density at radius 3 is 2.19 bits per heavy atom. The van der Waals surface area contributed by atoms with Crippen molar-refractivity contribution in [1.82, 2.24) is 16.0 Å². The number of hydrogen-bond acceptors (Lipinski definition) is 3. The Morgan fingerprint density at radius 2 is 1.58 bits per heavy atom. The fourth-order valence-corrected chi connectivity index (χ4v) is 2.65. The van der Waals surface area contributed by atoms with Gasteiger partial charge in [0.05, 0.1) is 13.1 Å². The van der Waals surface area contributed by atoms with Crippen LogP contribution in [0.3, 0.4) is 0 Å². The number of benzene rings is 2. The summed E-state index contributed by atoms with van der Waals surface area (Å²) in [6.45, 7) is 6.08. The molecular formula is C23H32IN5O2. The lowest BCUT2D eigenvalue weighted by atomic mass is 10.1. The number of carbonyl (C=O) groups excluding carboxylic acids is 2. The summed E-state index contributed by atoms with van der Waals surface area (Å²) in [5.74, 6) is -0.145. The van der Waals surface area contributed by atoms with Gasteiger partial charge in [0.1, 0.15) is 0 Å². The van der Waals surface area contributed by atoms with Crippen molar-refractivity contribution in [3.05, 3.63) is 70.8 Å². The lowest BCUT2D eigenvalue weighted by Crippen LogP contribution is -2.37. The van der Waals surface area contributed by atoms with Gasteiger partial charge in [-0.05, 0) is 36.6 Å². The van der Waals surface area contributed by atoms with E-state index in [0.717, 1.165) is 30.9 Å². The molecule has 2 rings (SSSR count). The Bertz CT molecular complexity index is 851. The van der Waals surface area contributed by atoms with Gasteiger partial charge in [0, 0.05) is 18.7 Å². The van der Waals surface area contributed by atoms with E-state index in [9.17, 15) is 9.59 Å². The largest absolute Gasteiger partial charge is 0.368 e. The van der Waals surface area contributed by atoms with Gasteiger partial charge in [0.25, 0.3) is 5.91 Å². The smallest absolute Gasteiger partial charge is 0.251 e. The first-order valence-electron chi connectivity index (χ1n) is 10.2. The second kappa shape index (κ2) is 14.4. The molecule has 0 fully saturated rings. The monoisotopic (exact) mass is 537 g/mol. The Hall–Kier alpha value is -2.62. The number of hydrogen-bond donors (Lipinski definition) is 4. The Balaban J connectivity index is 0.00000480. The van der Waals surface area contributed by atoms with Gasteiger partial charge in [-0.2, -0.15) is 0 Å². The van der Waals surface area contributed by atoms with Crippen molar-refractivity contribution in [2.24, 2.45) is 10.7 Å². The highest BCUT2D eigenvalue weighted by molar-refractivity contribution is 14.0. The summed E-state index contributed by atoms with van der Waals surface area (Å²) in [7, 11) is 0. The van der Waals surface area contributed by atoms with Gasteiger partial charge >= 0.3 is 0 Å². The third kappa shape index (κ3) is 10.3. The molecule has 8 heteroatoms. The third-order valence-corrected chi connectivity index (χ3v) is 4.46. The van der Waals surface area contributed by atoms with Crippen molar-refractivity contribution in [1.29, 1.82) is 0 Å². The second-order valence-electron chi connectivity index (χ2n) is 7.13. The van der Waals surface area contributed by atoms with Crippen LogP contribution in [0.2, 0.25) is 0 Å². The van der Waals surface area contributed by atoms with E-state index in [1.165, 1.54) is 11.1 Å². The predicted octanol–water partition coefficient (Wildman–Crippen LogP) is 2.86. The van der Waals surface area contributed by atoms with Crippen molar-refractivity contribution in [2.45, 2.75) is 39.8 Å². The Kier molecular flexibility index (Phi) is 12.3. The van der Waals surface area contributed by atoms with Gasteiger partial charge in [-0.1, -0.05) is 55.3 Å². The van der Waals surface area contributed by atoms with Crippen LogP contribution in [0.15, 0.2) is 53.5 Å². The SMILES string of the molecule is CCCCNC(=NCc1ccc(C(=O)NCC(N)=O)cc1)NCc1ccc(C)cc1.I. The molecule has 0 saturated heterocycles. The van der Waals surface area contributed by atoms with E-state index in [4.69, 9.17) is 5.73 Å². The molecule has 0 heterocycles. The van der Waals surface area contributed by atoms with E-state index in [-0.39, 0.29) is 36.4 Å². The van der Waals surface area contributed by atoms with Gasteiger partial charge in [-0.3, -0.25) is 9.59 Å². The molecule has 5 N–H and O–H groups in total. The quantitative estimate of drug-likeness (QED) is 0.162. The highest BCUT2D eigenvalue weighted by Gasteiger charge is 2.06. The fourth-order valence-electron chi connectivity index (χ4n) is 2.65. The molecule has 0 aliphatic rings. The minimum absolute atomic E-state index is 0. The maximum atomic E-state index is 11.9. The number of aliphatic imine (C=N–C) groups is 1. The van der Waals surface area contributed by atoms with Crippen LogP contribution in [0.4, 0.5) is 0 Å².